The summed E-state index contributed by atoms with van der Waals surface area (Å²) in [6.07, 6.45) is 4.77. The van der Waals surface area contributed by atoms with E-state index in [9.17, 15) is 13.2 Å². The highest BCUT2D eigenvalue weighted by atomic mass is 32.2. The highest BCUT2D eigenvalue weighted by Crippen LogP contribution is 2.36. The number of rotatable bonds is 12. The van der Waals surface area contributed by atoms with Gasteiger partial charge in [0.1, 0.15) is 24.7 Å². The molecule has 2 fully saturated rings. The van der Waals surface area contributed by atoms with E-state index in [0.29, 0.717) is 24.5 Å². The summed E-state index contributed by atoms with van der Waals surface area (Å²) in [5.41, 5.74) is 2.58. The summed E-state index contributed by atoms with van der Waals surface area (Å²) in [5.74, 6) is 0.0830. The van der Waals surface area contributed by atoms with Gasteiger partial charge in [-0.3, -0.25) is 4.79 Å². The minimum Gasteiger partial charge on any atom is -0.490 e. The molecule has 0 bridgehead atoms. The zero-order chi connectivity index (χ0) is 26.7. The highest BCUT2D eigenvalue weighted by molar-refractivity contribution is 7.93. The molecule has 0 saturated carbocycles. The number of amides is 1. The first-order valence-electron chi connectivity index (χ1n) is 12.0. The van der Waals surface area contributed by atoms with Crippen molar-refractivity contribution in [3.63, 3.8) is 0 Å². The number of nitrogens with zero attached hydrogens (tertiary/aromatic N) is 1. The molecule has 1 amide bonds. The van der Waals surface area contributed by atoms with Crippen LogP contribution in [0.2, 0.25) is 0 Å². The molecule has 2 heterocycles. The number of nitrogens with one attached hydrogen (secondary N) is 1. The fourth-order valence-corrected chi connectivity index (χ4v) is 5.89. The van der Waals surface area contributed by atoms with E-state index in [1.54, 1.807) is 0 Å². The van der Waals surface area contributed by atoms with Gasteiger partial charge in [0, 0.05) is 31.8 Å². The molecule has 200 valence electrons. The third kappa shape index (κ3) is 7.20. The Morgan fingerprint density at radius 2 is 1.92 bits per heavy atom. The van der Waals surface area contributed by atoms with Crippen LogP contribution >= 0.6 is 0 Å². The fourth-order valence-electron chi connectivity index (χ4n) is 3.96. The van der Waals surface area contributed by atoms with Crippen molar-refractivity contribution in [3.05, 3.63) is 60.9 Å². The lowest BCUT2D eigenvalue weighted by molar-refractivity contribution is -0.202. The van der Waals surface area contributed by atoms with Crippen molar-refractivity contribution in [2.45, 2.75) is 48.0 Å². The maximum atomic E-state index is 13.7. The smallest absolute Gasteiger partial charge is 0.265 e. The lowest BCUT2D eigenvalue weighted by Crippen LogP contribution is -2.56. The van der Waals surface area contributed by atoms with E-state index in [0.717, 1.165) is 12.8 Å². The Hall–Kier alpha value is -3.17. The van der Waals surface area contributed by atoms with Crippen molar-refractivity contribution in [1.82, 2.24) is 5.48 Å². The van der Waals surface area contributed by atoms with E-state index in [1.165, 1.54) is 36.4 Å². The second-order valence-corrected chi connectivity index (χ2v) is 10.8. The van der Waals surface area contributed by atoms with Crippen molar-refractivity contribution in [1.29, 1.82) is 5.26 Å². The van der Waals surface area contributed by atoms with Crippen LogP contribution in [0.25, 0.3) is 0 Å². The van der Waals surface area contributed by atoms with E-state index in [-0.39, 0.29) is 49.7 Å². The number of allylic oxidation sites excluding steroid dienone is 3. The van der Waals surface area contributed by atoms with E-state index in [1.807, 2.05) is 6.07 Å². The van der Waals surface area contributed by atoms with Gasteiger partial charge < -0.3 is 18.9 Å². The van der Waals surface area contributed by atoms with Crippen LogP contribution in [-0.4, -0.2) is 58.4 Å². The first-order valence-corrected chi connectivity index (χ1v) is 13.5. The largest absolute Gasteiger partial charge is 0.490 e. The summed E-state index contributed by atoms with van der Waals surface area (Å²) >= 11 is 0. The van der Waals surface area contributed by atoms with Gasteiger partial charge in [0.25, 0.3) is 5.91 Å². The van der Waals surface area contributed by atoms with Gasteiger partial charge in [-0.1, -0.05) is 13.2 Å². The fraction of sp³-hybridized carbons (Fsp3) is 0.462. The zero-order valence-corrected chi connectivity index (χ0v) is 21.5. The molecule has 10 nitrogen and oxygen atoms in total. The number of benzene rings is 1. The van der Waals surface area contributed by atoms with E-state index in [2.05, 4.69) is 18.6 Å². The van der Waals surface area contributed by atoms with Crippen LogP contribution in [0.1, 0.15) is 32.1 Å². The predicted octanol–water partition coefficient (Wildman–Crippen LogP) is 3.13. The maximum absolute atomic E-state index is 13.7. The van der Waals surface area contributed by atoms with Gasteiger partial charge in [-0.05, 0) is 62.1 Å². The summed E-state index contributed by atoms with van der Waals surface area (Å²) in [6.45, 7) is 8.31. The van der Waals surface area contributed by atoms with Crippen molar-refractivity contribution >= 4 is 15.7 Å². The Morgan fingerprint density at radius 1 is 1.19 bits per heavy atom. The van der Waals surface area contributed by atoms with E-state index in [4.69, 9.17) is 29.0 Å². The minimum atomic E-state index is -4.09. The molecule has 1 aromatic rings. The monoisotopic (exact) mass is 532 g/mol. The van der Waals surface area contributed by atoms with Gasteiger partial charge in [0.2, 0.25) is 0 Å². The maximum Gasteiger partial charge on any atom is 0.265 e. The third-order valence-corrected chi connectivity index (χ3v) is 8.58. The van der Waals surface area contributed by atoms with E-state index < -0.39 is 26.8 Å². The quantitative estimate of drug-likeness (QED) is 0.142. The second-order valence-electron chi connectivity index (χ2n) is 8.51. The predicted molar refractivity (Wildman–Crippen MR) is 134 cm³/mol. The Morgan fingerprint density at radius 3 is 2.54 bits per heavy atom. The number of carbonyl (C=O) groups excluding carboxylic acids is 1. The Bertz CT molecular complexity index is 1130. The lowest BCUT2D eigenvalue weighted by atomic mass is 9.98. The summed E-state index contributed by atoms with van der Waals surface area (Å²) < 4.78 is 47.6. The Labute approximate surface area is 217 Å². The van der Waals surface area contributed by atoms with Crippen molar-refractivity contribution in [2.24, 2.45) is 0 Å². The number of ether oxygens (including phenoxy) is 4. The molecule has 37 heavy (non-hydrogen) atoms. The summed E-state index contributed by atoms with van der Waals surface area (Å²) in [4.78, 5) is 18.6. The van der Waals surface area contributed by atoms with Crippen LogP contribution in [0.5, 0.6) is 5.75 Å². The van der Waals surface area contributed by atoms with Crippen LogP contribution in [0.4, 0.5) is 0 Å². The molecular formula is C26H32N2O8S. The van der Waals surface area contributed by atoms with Crippen LogP contribution in [0, 0.1) is 11.3 Å². The number of carbonyl (C=O) groups is 1. The van der Waals surface area contributed by atoms with Crippen LogP contribution in [0.15, 0.2) is 65.8 Å². The number of sulfone groups is 1. The van der Waals surface area contributed by atoms with Crippen LogP contribution in [-0.2, 0) is 33.7 Å². The van der Waals surface area contributed by atoms with Gasteiger partial charge in [-0.25, -0.2) is 18.7 Å². The second kappa shape index (κ2) is 13.4. The van der Waals surface area contributed by atoms with Gasteiger partial charge in [-0.15, -0.1) is 0 Å². The molecule has 3 rings (SSSR count). The molecule has 0 spiro atoms. The number of hydrogen-bond donors (Lipinski definition) is 1. The molecule has 1 atom stereocenters. The van der Waals surface area contributed by atoms with Crippen LogP contribution < -0.4 is 10.2 Å². The molecule has 2 aliphatic heterocycles. The molecule has 1 aromatic carbocycles. The minimum absolute atomic E-state index is 0.00300. The van der Waals surface area contributed by atoms with Gasteiger partial charge in [-0.2, -0.15) is 5.26 Å². The molecular weight excluding hydrogens is 500 g/mol. The summed E-state index contributed by atoms with van der Waals surface area (Å²) in [7, 11) is -4.09. The molecule has 0 radical (unpaired) electrons. The molecule has 0 aromatic heterocycles. The zero-order valence-electron chi connectivity index (χ0n) is 20.6. The first-order chi connectivity index (χ1) is 17.8. The van der Waals surface area contributed by atoms with Crippen LogP contribution in [0.3, 0.4) is 0 Å². The molecule has 11 heteroatoms. The lowest BCUT2D eigenvalue weighted by Gasteiger charge is -2.35. The molecule has 1 unspecified atom stereocenters. The van der Waals surface area contributed by atoms with E-state index >= 15 is 0 Å². The molecule has 0 aliphatic carbocycles. The SMILES string of the molecule is C=C/C(=C\C(=C)C#N)OCCOc1ccc(S(=O)(=O)C2(C(=O)NOC3CCCCO3)CCOCC2)cc1. The Kier molecular flexibility index (Phi) is 10.3. The average molecular weight is 533 g/mol. The molecule has 2 saturated heterocycles. The normalized spacial score (nSPS) is 19.8. The molecule has 2 aliphatic rings. The Balaban J connectivity index is 1.64. The number of hydroxylamine groups is 1. The number of hydrogen-bond acceptors (Lipinski definition) is 9. The highest BCUT2D eigenvalue weighted by Gasteiger charge is 2.52. The third-order valence-electron chi connectivity index (χ3n) is 6.07. The standard InChI is InChI=1S/C26H32N2O8S/c1-3-21(18-20(2)19-27)33-16-17-34-22-7-9-23(10-8-22)37(30,31)26(11-14-32-15-12-26)25(29)28-36-24-6-4-5-13-35-24/h3,7-10,18,24H,1-2,4-6,11-17H2,(H,28,29)/b21-18+. The van der Waals surface area contributed by atoms with Gasteiger partial charge >= 0.3 is 0 Å². The molecule has 1 N–H and O–H groups in total. The van der Waals surface area contributed by atoms with Crippen molar-refractivity contribution in [3.8, 4) is 11.8 Å². The van der Waals surface area contributed by atoms with Crippen molar-refractivity contribution < 1.29 is 37.0 Å². The van der Waals surface area contributed by atoms with Crippen molar-refractivity contribution in [2.75, 3.05) is 33.0 Å². The number of nitriles is 1. The topological polar surface area (TPSA) is 133 Å². The van der Waals surface area contributed by atoms with Gasteiger partial charge in [0.15, 0.2) is 20.9 Å². The van der Waals surface area contributed by atoms with Gasteiger partial charge in [0.05, 0.1) is 11.0 Å². The summed E-state index contributed by atoms with van der Waals surface area (Å²) in [6, 6.07) is 7.75. The average Bonchev–Trinajstić information content (AvgIpc) is 2.94. The first kappa shape index (κ1) is 28.4. The summed E-state index contributed by atoms with van der Waals surface area (Å²) in [5, 5.41) is 8.80.